The third-order valence-electron chi connectivity index (χ3n) is 2.29. The summed E-state index contributed by atoms with van der Waals surface area (Å²) >= 11 is 11.3. The van der Waals surface area contributed by atoms with Crippen molar-refractivity contribution in [3.63, 3.8) is 0 Å². The lowest BCUT2D eigenvalue weighted by Gasteiger charge is -2.21. The van der Waals surface area contributed by atoms with Crippen LogP contribution < -0.4 is 0 Å². The first-order valence-electron chi connectivity index (χ1n) is 5.40. The quantitative estimate of drug-likeness (QED) is 0.508. The third-order valence-corrected chi connectivity index (χ3v) is 3.90. The molecule has 1 aromatic rings. The molecule has 0 aliphatic rings. The zero-order valence-corrected chi connectivity index (χ0v) is 14.0. The second kappa shape index (κ2) is 7.59. The number of carbonyl (C=O) groups is 1. The van der Waals surface area contributed by atoms with E-state index < -0.39 is 0 Å². The van der Waals surface area contributed by atoms with E-state index in [2.05, 4.69) is 45.4 Å². The van der Waals surface area contributed by atoms with Gasteiger partial charge >= 0.3 is 0 Å². The number of rotatable bonds is 5. The highest BCUT2D eigenvalue weighted by Gasteiger charge is 2.17. The lowest BCUT2D eigenvalue weighted by Crippen LogP contribution is -2.33. The van der Waals surface area contributed by atoms with E-state index in [1.54, 1.807) is 4.90 Å². The Hall–Kier alpha value is 0.190. The van der Waals surface area contributed by atoms with Crippen molar-refractivity contribution >= 4 is 56.0 Å². The van der Waals surface area contributed by atoms with Crippen LogP contribution in [-0.2, 0) is 0 Å². The average Bonchev–Trinajstić information content (AvgIpc) is 2.31. The molecule has 1 amide bonds. The number of carbonyl (C=O) groups excluding carboxylic acids is 1. The molecule has 94 valence electrons. The minimum absolute atomic E-state index is 0.0539. The molecular formula is C12H14BrClINO. The van der Waals surface area contributed by atoms with E-state index in [0.29, 0.717) is 12.4 Å². The predicted molar refractivity (Wildman–Crippen MR) is 83.8 cm³/mol. The molecule has 0 spiro atoms. The molecule has 0 radical (unpaired) electrons. The monoisotopic (exact) mass is 429 g/mol. The Balaban J connectivity index is 2.95. The summed E-state index contributed by atoms with van der Waals surface area (Å²) in [6, 6.07) is 5.73. The van der Waals surface area contributed by atoms with Gasteiger partial charge in [-0.15, -0.1) is 11.6 Å². The van der Waals surface area contributed by atoms with E-state index in [1.807, 2.05) is 18.2 Å². The summed E-state index contributed by atoms with van der Waals surface area (Å²) < 4.78 is 1.88. The van der Waals surface area contributed by atoms with Gasteiger partial charge in [0.1, 0.15) is 0 Å². The van der Waals surface area contributed by atoms with Gasteiger partial charge in [0.25, 0.3) is 5.91 Å². The van der Waals surface area contributed by atoms with Crippen molar-refractivity contribution in [2.75, 3.05) is 19.0 Å². The average molecular weight is 431 g/mol. The number of nitrogens with zero attached hydrogens (tertiary/aromatic N) is 1. The Labute approximate surface area is 129 Å². The maximum atomic E-state index is 12.3. The molecule has 5 heteroatoms. The van der Waals surface area contributed by atoms with E-state index in [4.69, 9.17) is 11.6 Å². The van der Waals surface area contributed by atoms with Gasteiger partial charge in [-0.1, -0.05) is 22.9 Å². The Bertz CT molecular complexity index is 394. The fraction of sp³-hybridized carbons (Fsp3) is 0.417. The minimum Gasteiger partial charge on any atom is -0.337 e. The van der Waals surface area contributed by atoms with Crippen molar-refractivity contribution < 1.29 is 4.79 Å². The van der Waals surface area contributed by atoms with Crippen LogP contribution >= 0.6 is 50.1 Å². The molecule has 0 N–H and O–H groups in total. The Morgan fingerprint density at radius 1 is 1.47 bits per heavy atom. The molecule has 1 aromatic carbocycles. The smallest absolute Gasteiger partial charge is 0.255 e. The molecule has 2 nitrogen and oxygen atoms in total. The highest BCUT2D eigenvalue weighted by Crippen LogP contribution is 2.20. The standard InChI is InChI=1S/C12H14BrClINO/c1-2-6-16(7-5-14)12(17)10-8-9(13)3-4-11(10)15/h3-4,8H,2,5-7H2,1H3. The van der Waals surface area contributed by atoms with Crippen LogP contribution in [0.25, 0.3) is 0 Å². The van der Waals surface area contributed by atoms with Gasteiger partial charge in [-0.25, -0.2) is 0 Å². The van der Waals surface area contributed by atoms with Gasteiger partial charge in [-0.2, -0.15) is 0 Å². The Morgan fingerprint density at radius 2 is 2.18 bits per heavy atom. The fourth-order valence-electron chi connectivity index (χ4n) is 1.52. The molecule has 17 heavy (non-hydrogen) atoms. The third kappa shape index (κ3) is 4.41. The topological polar surface area (TPSA) is 20.3 Å². The van der Waals surface area contributed by atoms with E-state index in [1.165, 1.54) is 0 Å². The zero-order chi connectivity index (χ0) is 12.8. The summed E-state index contributed by atoms with van der Waals surface area (Å²) in [7, 11) is 0. The van der Waals surface area contributed by atoms with Crippen molar-refractivity contribution in [3.05, 3.63) is 31.8 Å². The number of hydrogen-bond acceptors (Lipinski definition) is 1. The molecular weight excluding hydrogens is 416 g/mol. The molecule has 0 bridgehead atoms. The van der Waals surface area contributed by atoms with Crippen LogP contribution in [0.4, 0.5) is 0 Å². The zero-order valence-electron chi connectivity index (χ0n) is 9.55. The fourth-order valence-corrected chi connectivity index (χ4v) is 2.65. The predicted octanol–water partition coefficient (Wildman–Crippen LogP) is 4.14. The highest BCUT2D eigenvalue weighted by molar-refractivity contribution is 14.1. The van der Waals surface area contributed by atoms with E-state index in [9.17, 15) is 4.79 Å². The Kier molecular flexibility index (Phi) is 6.80. The molecule has 0 aliphatic carbocycles. The van der Waals surface area contributed by atoms with Crippen LogP contribution in [0.15, 0.2) is 22.7 Å². The van der Waals surface area contributed by atoms with Crippen molar-refractivity contribution in [1.29, 1.82) is 0 Å². The van der Waals surface area contributed by atoms with Crippen LogP contribution in [0.3, 0.4) is 0 Å². The summed E-state index contributed by atoms with van der Waals surface area (Å²) in [4.78, 5) is 14.1. The van der Waals surface area contributed by atoms with Crippen LogP contribution in [0, 0.1) is 3.57 Å². The largest absolute Gasteiger partial charge is 0.337 e. The number of halogens is 3. The van der Waals surface area contributed by atoms with Crippen LogP contribution in [0.5, 0.6) is 0 Å². The van der Waals surface area contributed by atoms with Gasteiger partial charge < -0.3 is 4.90 Å². The molecule has 0 fully saturated rings. The first-order valence-corrected chi connectivity index (χ1v) is 7.81. The summed E-state index contributed by atoms with van der Waals surface area (Å²) in [5, 5.41) is 0. The molecule has 0 heterocycles. The van der Waals surface area contributed by atoms with Crippen molar-refractivity contribution in [3.8, 4) is 0 Å². The lowest BCUT2D eigenvalue weighted by atomic mass is 10.2. The van der Waals surface area contributed by atoms with Crippen LogP contribution in [-0.4, -0.2) is 29.8 Å². The van der Waals surface area contributed by atoms with Gasteiger partial charge in [0.2, 0.25) is 0 Å². The van der Waals surface area contributed by atoms with Crippen molar-refractivity contribution in [1.82, 2.24) is 4.90 Å². The summed E-state index contributed by atoms with van der Waals surface area (Å²) in [6.45, 7) is 3.39. The molecule has 1 rings (SSSR count). The number of alkyl halides is 1. The summed E-state index contributed by atoms with van der Waals surface area (Å²) in [5.74, 6) is 0.522. The molecule has 0 aliphatic heterocycles. The summed E-state index contributed by atoms with van der Waals surface area (Å²) in [6.07, 6.45) is 0.938. The number of hydrogen-bond donors (Lipinski definition) is 0. The molecule has 0 unspecified atom stereocenters. The number of amides is 1. The molecule has 0 saturated carbocycles. The van der Waals surface area contributed by atoms with Gasteiger partial charge in [-0.05, 0) is 47.2 Å². The van der Waals surface area contributed by atoms with E-state index >= 15 is 0 Å². The molecule has 0 atom stereocenters. The van der Waals surface area contributed by atoms with Gasteiger partial charge in [0, 0.05) is 27.0 Å². The number of benzene rings is 1. The lowest BCUT2D eigenvalue weighted by molar-refractivity contribution is 0.0764. The Morgan fingerprint density at radius 3 is 2.76 bits per heavy atom. The van der Waals surface area contributed by atoms with Crippen LogP contribution in [0.1, 0.15) is 23.7 Å². The maximum Gasteiger partial charge on any atom is 0.255 e. The van der Waals surface area contributed by atoms with E-state index in [0.717, 1.165) is 26.6 Å². The maximum absolute atomic E-state index is 12.3. The van der Waals surface area contributed by atoms with Gasteiger partial charge in [-0.3, -0.25) is 4.79 Å². The van der Waals surface area contributed by atoms with Gasteiger partial charge in [0.15, 0.2) is 0 Å². The van der Waals surface area contributed by atoms with Crippen LogP contribution in [0.2, 0.25) is 0 Å². The first-order chi connectivity index (χ1) is 8.10. The van der Waals surface area contributed by atoms with Crippen molar-refractivity contribution in [2.45, 2.75) is 13.3 Å². The molecule has 0 saturated heterocycles. The highest BCUT2D eigenvalue weighted by atomic mass is 127. The second-order valence-corrected chi connectivity index (χ2v) is 6.06. The SMILES string of the molecule is CCCN(CCCl)C(=O)c1cc(Br)ccc1I. The van der Waals surface area contributed by atoms with E-state index in [-0.39, 0.29) is 5.91 Å². The molecule has 0 aromatic heterocycles. The normalized spacial score (nSPS) is 10.4. The van der Waals surface area contributed by atoms with Crippen molar-refractivity contribution in [2.24, 2.45) is 0 Å². The minimum atomic E-state index is 0.0539. The first kappa shape index (κ1) is 15.2. The summed E-state index contributed by atoms with van der Waals surface area (Å²) in [5.41, 5.74) is 0.735. The van der Waals surface area contributed by atoms with Gasteiger partial charge in [0.05, 0.1) is 5.56 Å². The second-order valence-electron chi connectivity index (χ2n) is 3.61.